The Bertz CT molecular complexity index is 550. The Morgan fingerprint density at radius 1 is 1.41 bits per heavy atom. The molecule has 0 radical (unpaired) electrons. The van der Waals surface area contributed by atoms with Crippen LogP contribution in [0.15, 0.2) is 24.3 Å². The molecule has 1 amide bonds. The van der Waals surface area contributed by atoms with Gasteiger partial charge in [0, 0.05) is 18.3 Å². The van der Waals surface area contributed by atoms with E-state index in [1.165, 1.54) is 5.56 Å². The first-order valence-electron chi connectivity index (χ1n) is 7.24. The Kier molecular flexibility index (Phi) is 6.38. The summed E-state index contributed by atoms with van der Waals surface area (Å²) >= 11 is 0. The molecular formula is C16H23ClN2O3. The fraction of sp³-hybridized carbons (Fsp3) is 0.500. The van der Waals surface area contributed by atoms with Crippen molar-refractivity contribution < 1.29 is 14.7 Å². The molecule has 0 aromatic heterocycles. The van der Waals surface area contributed by atoms with Gasteiger partial charge in [0.05, 0.1) is 12.5 Å². The van der Waals surface area contributed by atoms with Crippen molar-refractivity contribution in [3.05, 3.63) is 29.8 Å². The van der Waals surface area contributed by atoms with E-state index in [2.05, 4.69) is 6.07 Å². The van der Waals surface area contributed by atoms with Crippen LogP contribution in [0.5, 0.6) is 0 Å². The Morgan fingerprint density at radius 2 is 2.05 bits per heavy atom. The molecule has 22 heavy (non-hydrogen) atoms. The van der Waals surface area contributed by atoms with E-state index in [0.29, 0.717) is 6.54 Å². The number of halogens is 1. The van der Waals surface area contributed by atoms with Crippen molar-refractivity contribution in [2.45, 2.75) is 38.8 Å². The number of carboxylic acid groups (broad SMARTS) is 1. The molecule has 0 saturated heterocycles. The van der Waals surface area contributed by atoms with Gasteiger partial charge in [-0.05, 0) is 38.9 Å². The highest BCUT2D eigenvalue weighted by Crippen LogP contribution is 2.32. The van der Waals surface area contributed by atoms with E-state index in [-0.39, 0.29) is 36.8 Å². The molecule has 1 heterocycles. The number of para-hydroxylation sites is 1. The highest BCUT2D eigenvalue weighted by Gasteiger charge is 2.34. The van der Waals surface area contributed by atoms with Gasteiger partial charge in [0.2, 0.25) is 5.91 Å². The number of hydrogen-bond acceptors (Lipinski definition) is 3. The third-order valence-corrected chi connectivity index (χ3v) is 4.14. The molecule has 0 aliphatic carbocycles. The summed E-state index contributed by atoms with van der Waals surface area (Å²) in [4.78, 5) is 27.0. The summed E-state index contributed by atoms with van der Waals surface area (Å²) in [6.45, 7) is 4.24. The molecule has 122 valence electrons. The molecule has 2 atom stereocenters. The van der Waals surface area contributed by atoms with Gasteiger partial charge in [-0.15, -0.1) is 12.4 Å². The monoisotopic (exact) mass is 326 g/mol. The number of carboxylic acids is 1. The standard InChI is InChI=1S/C16H22N2O3.ClH/c1-11-10-13-6-4-5-7-14(13)18(11)16(21)12(2)17(3)9-8-15(19)20;/h4-7,11-12H,8-10H2,1-3H3,(H,19,20);1H. The van der Waals surface area contributed by atoms with Crippen LogP contribution in [0.4, 0.5) is 5.69 Å². The average Bonchev–Trinajstić information content (AvgIpc) is 2.78. The van der Waals surface area contributed by atoms with Crippen molar-refractivity contribution in [1.82, 2.24) is 4.90 Å². The third-order valence-electron chi connectivity index (χ3n) is 4.14. The first-order chi connectivity index (χ1) is 9.91. The topological polar surface area (TPSA) is 60.9 Å². The van der Waals surface area contributed by atoms with Gasteiger partial charge in [-0.3, -0.25) is 14.5 Å². The molecule has 0 bridgehead atoms. The maximum Gasteiger partial charge on any atom is 0.304 e. The minimum Gasteiger partial charge on any atom is -0.481 e. The Labute approximate surface area is 137 Å². The fourth-order valence-corrected chi connectivity index (χ4v) is 2.76. The number of rotatable bonds is 5. The smallest absolute Gasteiger partial charge is 0.304 e. The lowest BCUT2D eigenvalue weighted by Gasteiger charge is -2.30. The molecule has 2 rings (SSSR count). The predicted molar refractivity (Wildman–Crippen MR) is 88.7 cm³/mol. The number of carbonyl (C=O) groups excluding carboxylic acids is 1. The fourth-order valence-electron chi connectivity index (χ4n) is 2.76. The van der Waals surface area contributed by atoms with E-state index in [1.54, 1.807) is 11.9 Å². The van der Waals surface area contributed by atoms with Crippen LogP contribution in [0.25, 0.3) is 0 Å². The zero-order valence-corrected chi connectivity index (χ0v) is 14.0. The van der Waals surface area contributed by atoms with Crippen LogP contribution in [-0.2, 0) is 16.0 Å². The number of nitrogens with zero attached hydrogens (tertiary/aromatic N) is 2. The molecule has 1 aliphatic rings. The summed E-state index contributed by atoms with van der Waals surface area (Å²) in [5.41, 5.74) is 2.17. The number of likely N-dealkylation sites (N-methyl/N-ethyl adjacent to an activating group) is 1. The van der Waals surface area contributed by atoms with Crippen molar-refractivity contribution in [2.24, 2.45) is 0 Å². The van der Waals surface area contributed by atoms with Crippen LogP contribution < -0.4 is 4.90 Å². The van der Waals surface area contributed by atoms with E-state index in [0.717, 1.165) is 12.1 Å². The average molecular weight is 327 g/mol. The van der Waals surface area contributed by atoms with Gasteiger partial charge in [0.25, 0.3) is 0 Å². The van der Waals surface area contributed by atoms with Crippen LogP contribution in [0.3, 0.4) is 0 Å². The highest BCUT2D eigenvalue weighted by atomic mass is 35.5. The van der Waals surface area contributed by atoms with Crippen LogP contribution in [0.2, 0.25) is 0 Å². The second-order valence-corrected chi connectivity index (χ2v) is 5.69. The molecule has 1 aliphatic heterocycles. The number of aliphatic carboxylic acids is 1. The number of carbonyl (C=O) groups is 2. The van der Waals surface area contributed by atoms with Crippen LogP contribution >= 0.6 is 12.4 Å². The van der Waals surface area contributed by atoms with Crippen LogP contribution in [-0.4, -0.2) is 47.6 Å². The molecule has 1 N–H and O–H groups in total. The molecular weight excluding hydrogens is 304 g/mol. The van der Waals surface area contributed by atoms with Gasteiger partial charge in [0.15, 0.2) is 0 Å². The molecule has 1 aromatic rings. The van der Waals surface area contributed by atoms with Crippen molar-refractivity contribution in [2.75, 3.05) is 18.5 Å². The number of amides is 1. The second kappa shape index (κ2) is 7.61. The Morgan fingerprint density at radius 3 is 2.68 bits per heavy atom. The summed E-state index contributed by atoms with van der Waals surface area (Å²) in [5, 5.41) is 8.74. The van der Waals surface area contributed by atoms with Crippen molar-refractivity contribution in [1.29, 1.82) is 0 Å². The normalized spacial score (nSPS) is 17.8. The highest BCUT2D eigenvalue weighted by molar-refractivity contribution is 5.99. The molecule has 5 nitrogen and oxygen atoms in total. The summed E-state index contributed by atoms with van der Waals surface area (Å²) < 4.78 is 0. The van der Waals surface area contributed by atoms with E-state index >= 15 is 0 Å². The van der Waals surface area contributed by atoms with Crippen molar-refractivity contribution in [3.8, 4) is 0 Å². The van der Waals surface area contributed by atoms with E-state index in [9.17, 15) is 9.59 Å². The summed E-state index contributed by atoms with van der Waals surface area (Å²) in [7, 11) is 1.79. The number of anilines is 1. The quantitative estimate of drug-likeness (QED) is 0.901. The van der Waals surface area contributed by atoms with Gasteiger partial charge < -0.3 is 10.0 Å². The van der Waals surface area contributed by atoms with Gasteiger partial charge in [-0.1, -0.05) is 18.2 Å². The van der Waals surface area contributed by atoms with Crippen molar-refractivity contribution >= 4 is 30.0 Å². The van der Waals surface area contributed by atoms with Crippen LogP contribution in [0.1, 0.15) is 25.8 Å². The number of fused-ring (bicyclic) bond motifs is 1. The molecule has 0 spiro atoms. The Balaban J connectivity index is 0.00000242. The second-order valence-electron chi connectivity index (χ2n) is 5.69. The molecule has 0 fully saturated rings. The lowest BCUT2D eigenvalue weighted by molar-refractivity contribution is -0.138. The first kappa shape index (κ1) is 18.5. The first-order valence-corrected chi connectivity index (χ1v) is 7.24. The molecule has 0 saturated carbocycles. The van der Waals surface area contributed by atoms with E-state index in [1.807, 2.05) is 36.9 Å². The predicted octanol–water partition coefficient (Wildman–Crippen LogP) is 2.18. The third kappa shape index (κ3) is 3.78. The summed E-state index contributed by atoms with van der Waals surface area (Å²) in [5.74, 6) is -0.818. The summed E-state index contributed by atoms with van der Waals surface area (Å²) in [6, 6.07) is 7.76. The van der Waals surface area contributed by atoms with E-state index < -0.39 is 5.97 Å². The van der Waals surface area contributed by atoms with Crippen LogP contribution in [0, 0.1) is 0 Å². The van der Waals surface area contributed by atoms with Gasteiger partial charge in [0.1, 0.15) is 0 Å². The Hall–Kier alpha value is -1.59. The lowest BCUT2D eigenvalue weighted by atomic mass is 10.1. The van der Waals surface area contributed by atoms with Gasteiger partial charge >= 0.3 is 5.97 Å². The molecule has 1 aromatic carbocycles. The SMILES string of the molecule is CC(C(=O)N1c2ccccc2CC1C)N(C)CCC(=O)O.Cl. The molecule has 2 unspecified atom stereocenters. The zero-order valence-electron chi connectivity index (χ0n) is 13.2. The maximum absolute atomic E-state index is 12.7. The van der Waals surface area contributed by atoms with E-state index in [4.69, 9.17) is 5.11 Å². The van der Waals surface area contributed by atoms with Gasteiger partial charge in [-0.25, -0.2) is 0 Å². The number of benzene rings is 1. The van der Waals surface area contributed by atoms with Crippen molar-refractivity contribution in [3.63, 3.8) is 0 Å². The molecule has 6 heteroatoms. The zero-order chi connectivity index (χ0) is 15.6. The maximum atomic E-state index is 12.7. The minimum absolute atomic E-state index is 0. The lowest BCUT2D eigenvalue weighted by Crippen LogP contribution is -2.48. The largest absolute Gasteiger partial charge is 0.481 e. The minimum atomic E-state index is -0.846. The number of hydrogen-bond donors (Lipinski definition) is 1. The van der Waals surface area contributed by atoms with Gasteiger partial charge in [-0.2, -0.15) is 0 Å². The summed E-state index contributed by atoms with van der Waals surface area (Å²) in [6.07, 6.45) is 0.910.